The van der Waals surface area contributed by atoms with Crippen LogP contribution >= 0.6 is 11.8 Å². The van der Waals surface area contributed by atoms with E-state index < -0.39 is 0 Å². The fraction of sp³-hybridized carbons (Fsp3) is 0.120. The largest absolute Gasteiger partial charge is 0.497 e. The molecule has 0 radical (unpaired) electrons. The van der Waals surface area contributed by atoms with Crippen molar-refractivity contribution >= 4 is 34.6 Å². The molecule has 0 bridgehead atoms. The lowest BCUT2D eigenvalue weighted by Crippen LogP contribution is -2.28. The summed E-state index contributed by atoms with van der Waals surface area (Å²) < 4.78 is 10.5. The average molecular weight is 431 g/mol. The van der Waals surface area contributed by atoms with Gasteiger partial charge in [-0.05, 0) is 65.4 Å². The van der Waals surface area contributed by atoms with Crippen molar-refractivity contribution in [3.8, 4) is 11.5 Å². The maximum atomic E-state index is 13.3. The zero-order valence-electron chi connectivity index (χ0n) is 17.3. The fourth-order valence-electron chi connectivity index (χ4n) is 3.15. The molecule has 3 aromatic carbocycles. The quantitative estimate of drug-likeness (QED) is 0.484. The number of nitrogens with zero attached hydrogens (tertiary/aromatic N) is 2. The summed E-state index contributed by atoms with van der Waals surface area (Å²) in [5.74, 6) is 1.46. The Hall–Kier alpha value is -3.51. The number of hydrogen-bond donors (Lipinski definition) is 0. The van der Waals surface area contributed by atoms with Gasteiger partial charge in [0.05, 0.1) is 31.4 Å². The first-order valence-corrected chi connectivity index (χ1v) is 10.6. The highest BCUT2D eigenvalue weighted by molar-refractivity contribution is 8.18. The Morgan fingerprint density at radius 3 is 2.35 bits per heavy atom. The number of ether oxygens (including phenoxy) is 2. The number of hydrogen-bond acceptors (Lipinski definition) is 5. The summed E-state index contributed by atoms with van der Waals surface area (Å²) >= 11 is 1.38. The van der Waals surface area contributed by atoms with Crippen molar-refractivity contribution in [2.45, 2.75) is 6.54 Å². The molecule has 0 aliphatic carbocycles. The second-order valence-electron chi connectivity index (χ2n) is 6.86. The average Bonchev–Trinajstić information content (AvgIpc) is 3.09. The van der Waals surface area contributed by atoms with Crippen LogP contribution in [0.1, 0.15) is 11.1 Å². The van der Waals surface area contributed by atoms with Gasteiger partial charge in [-0.25, -0.2) is 4.99 Å². The lowest BCUT2D eigenvalue weighted by molar-refractivity contribution is -0.122. The van der Waals surface area contributed by atoms with Crippen molar-refractivity contribution in [1.82, 2.24) is 4.90 Å². The van der Waals surface area contributed by atoms with Crippen LogP contribution in [0.15, 0.2) is 88.8 Å². The number of rotatable bonds is 6. The molecule has 1 aliphatic rings. The lowest BCUT2D eigenvalue weighted by Gasteiger charge is -2.16. The standard InChI is InChI=1S/C25H22N2O3S/c1-29-21-13-11-18(12-14-21)16-23-24(28)27(17-19-7-6-10-22(15-19)30-2)25(31-23)26-20-8-4-3-5-9-20/h3-16H,17H2,1-2H3/b23-16-,26-25-. The molecule has 1 saturated heterocycles. The third kappa shape index (κ3) is 4.98. The second kappa shape index (κ2) is 9.53. The SMILES string of the molecule is COc1ccc(/C=C2\S/C(=N\c3ccccc3)N(Cc3cccc(OC)c3)C2=O)cc1. The highest BCUT2D eigenvalue weighted by atomic mass is 32.2. The van der Waals surface area contributed by atoms with Gasteiger partial charge in [-0.2, -0.15) is 0 Å². The zero-order valence-corrected chi connectivity index (χ0v) is 18.1. The Balaban J connectivity index is 1.67. The number of amidine groups is 1. The molecule has 5 nitrogen and oxygen atoms in total. The predicted octanol–water partition coefficient (Wildman–Crippen LogP) is 5.51. The van der Waals surface area contributed by atoms with Crippen molar-refractivity contribution in [1.29, 1.82) is 0 Å². The number of amides is 1. The monoisotopic (exact) mass is 430 g/mol. The van der Waals surface area contributed by atoms with Gasteiger partial charge in [-0.1, -0.05) is 42.5 Å². The first-order chi connectivity index (χ1) is 15.2. The Bertz CT molecular complexity index is 1130. The summed E-state index contributed by atoms with van der Waals surface area (Å²) in [5.41, 5.74) is 2.71. The number of aliphatic imine (C=N–C) groups is 1. The molecule has 0 saturated carbocycles. The molecule has 1 fully saturated rings. The molecule has 156 valence electrons. The van der Waals surface area contributed by atoms with E-state index in [1.54, 1.807) is 19.1 Å². The van der Waals surface area contributed by atoms with E-state index in [-0.39, 0.29) is 5.91 Å². The molecular formula is C25H22N2O3S. The Kier molecular flexibility index (Phi) is 6.38. The molecule has 0 aromatic heterocycles. The van der Waals surface area contributed by atoms with Crippen LogP contribution in [-0.2, 0) is 11.3 Å². The first kappa shape index (κ1) is 20.8. The maximum Gasteiger partial charge on any atom is 0.267 e. The predicted molar refractivity (Wildman–Crippen MR) is 126 cm³/mol. The molecule has 0 N–H and O–H groups in total. The number of methoxy groups -OCH3 is 2. The minimum Gasteiger partial charge on any atom is -0.497 e. The Morgan fingerprint density at radius 1 is 0.903 bits per heavy atom. The summed E-state index contributed by atoms with van der Waals surface area (Å²) in [4.78, 5) is 20.4. The van der Waals surface area contributed by atoms with Crippen molar-refractivity contribution in [2.24, 2.45) is 4.99 Å². The molecule has 3 aromatic rings. The van der Waals surface area contributed by atoms with Gasteiger partial charge in [0.2, 0.25) is 0 Å². The van der Waals surface area contributed by atoms with Crippen LogP contribution in [0.4, 0.5) is 5.69 Å². The molecule has 0 spiro atoms. The second-order valence-corrected chi connectivity index (χ2v) is 7.87. The molecule has 4 rings (SSSR count). The van der Waals surface area contributed by atoms with Crippen LogP contribution in [0.25, 0.3) is 6.08 Å². The van der Waals surface area contributed by atoms with E-state index in [1.165, 1.54) is 11.8 Å². The van der Waals surface area contributed by atoms with Gasteiger partial charge in [0.1, 0.15) is 11.5 Å². The molecule has 0 unspecified atom stereocenters. The summed E-state index contributed by atoms with van der Waals surface area (Å²) in [7, 11) is 3.26. The van der Waals surface area contributed by atoms with E-state index in [1.807, 2.05) is 84.9 Å². The van der Waals surface area contributed by atoms with Crippen LogP contribution in [0.3, 0.4) is 0 Å². The van der Waals surface area contributed by atoms with Gasteiger partial charge >= 0.3 is 0 Å². The molecule has 31 heavy (non-hydrogen) atoms. The van der Waals surface area contributed by atoms with Gasteiger partial charge in [-0.3, -0.25) is 9.69 Å². The summed E-state index contributed by atoms with van der Waals surface area (Å²) in [6, 6.07) is 25.0. The third-order valence-corrected chi connectivity index (χ3v) is 5.76. The lowest BCUT2D eigenvalue weighted by atomic mass is 10.2. The first-order valence-electron chi connectivity index (χ1n) is 9.78. The van der Waals surface area contributed by atoms with Crippen LogP contribution < -0.4 is 9.47 Å². The summed E-state index contributed by atoms with van der Waals surface area (Å²) in [6.45, 7) is 0.411. The fourth-order valence-corrected chi connectivity index (χ4v) is 4.15. The van der Waals surface area contributed by atoms with Crippen LogP contribution in [0.2, 0.25) is 0 Å². The van der Waals surface area contributed by atoms with Gasteiger partial charge in [-0.15, -0.1) is 0 Å². The Labute approximate surface area is 186 Å². The van der Waals surface area contributed by atoms with E-state index >= 15 is 0 Å². The molecule has 1 aliphatic heterocycles. The minimum absolute atomic E-state index is 0.0710. The number of thioether (sulfide) groups is 1. The van der Waals surface area contributed by atoms with Crippen molar-refractivity contribution in [2.75, 3.05) is 14.2 Å². The topological polar surface area (TPSA) is 51.1 Å². The van der Waals surface area contributed by atoms with Crippen LogP contribution in [0, 0.1) is 0 Å². The van der Waals surface area contributed by atoms with Crippen LogP contribution in [0.5, 0.6) is 11.5 Å². The summed E-state index contributed by atoms with van der Waals surface area (Å²) in [6.07, 6.45) is 1.89. The molecule has 1 heterocycles. The molecule has 1 amide bonds. The third-order valence-electron chi connectivity index (χ3n) is 4.76. The van der Waals surface area contributed by atoms with E-state index in [4.69, 9.17) is 14.5 Å². The van der Waals surface area contributed by atoms with E-state index in [2.05, 4.69) is 0 Å². The number of carbonyl (C=O) groups excluding carboxylic acids is 1. The van der Waals surface area contributed by atoms with Crippen molar-refractivity contribution < 1.29 is 14.3 Å². The summed E-state index contributed by atoms with van der Waals surface area (Å²) in [5, 5.41) is 0.652. The van der Waals surface area contributed by atoms with Crippen molar-refractivity contribution in [3.05, 3.63) is 94.9 Å². The van der Waals surface area contributed by atoms with E-state index in [0.717, 1.165) is 28.3 Å². The number of benzene rings is 3. The number of para-hydroxylation sites is 1. The molecule has 0 atom stereocenters. The van der Waals surface area contributed by atoms with Gasteiger partial charge in [0.25, 0.3) is 5.91 Å². The van der Waals surface area contributed by atoms with E-state index in [0.29, 0.717) is 16.6 Å². The van der Waals surface area contributed by atoms with Crippen molar-refractivity contribution in [3.63, 3.8) is 0 Å². The smallest absolute Gasteiger partial charge is 0.267 e. The highest BCUT2D eigenvalue weighted by Crippen LogP contribution is 2.35. The number of carbonyl (C=O) groups is 1. The van der Waals surface area contributed by atoms with Gasteiger partial charge in [0.15, 0.2) is 5.17 Å². The van der Waals surface area contributed by atoms with E-state index in [9.17, 15) is 4.79 Å². The molecular weight excluding hydrogens is 408 g/mol. The van der Waals surface area contributed by atoms with Crippen LogP contribution in [-0.4, -0.2) is 30.2 Å². The zero-order chi connectivity index (χ0) is 21.6. The highest BCUT2D eigenvalue weighted by Gasteiger charge is 2.33. The minimum atomic E-state index is -0.0710. The van der Waals surface area contributed by atoms with Gasteiger partial charge in [0, 0.05) is 0 Å². The van der Waals surface area contributed by atoms with Gasteiger partial charge < -0.3 is 9.47 Å². The Morgan fingerprint density at radius 2 is 1.65 bits per heavy atom. The maximum absolute atomic E-state index is 13.3. The normalized spacial score (nSPS) is 16.2. The molecule has 6 heteroatoms.